The molecule has 156 valence electrons. The van der Waals surface area contributed by atoms with Crippen LogP contribution < -0.4 is 0 Å². The summed E-state index contributed by atoms with van der Waals surface area (Å²) in [5, 5.41) is 11.2. The summed E-state index contributed by atoms with van der Waals surface area (Å²) in [6.07, 6.45) is 1.15. The summed E-state index contributed by atoms with van der Waals surface area (Å²) in [6.45, 7) is 1.58. The Morgan fingerprint density at radius 1 is 1.10 bits per heavy atom. The van der Waals surface area contributed by atoms with Crippen LogP contribution in [0.3, 0.4) is 0 Å². The fourth-order valence-electron chi connectivity index (χ4n) is 3.47. The highest BCUT2D eigenvalue weighted by molar-refractivity contribution is 6.09. The summed E-state index contributed by atoms with van der Waals surface area (Å²) in [6, 6.07) is 8.93. The molecular weight excluding hydrogens is 396 g/mol. The van der Waals surface area contributed by atoms with Gasteiger partial charge in [0.1, 0.15) is 22.9 Å². The molecule has 7 nitrogen and oxygen atoms in total. The summed E-state index contributed by atoms with van der Waals surface area (Å²) in [4.78, 5) is 39.0. The lowest BCUT2D eigenvalue weighted by atomic mass is 9.87. The maximum Gasteiger partial charge on any atom is 0.279 e. The zero-order chi connectivity index (χ0) is 22.2. The maximum absolute atomic E-state index is 14.3. The lowest BCUT2D eigenvalue weighted by molar-refractivity contribution is -0.385. The Labute approximate surface area is 171 Å². The Hall–Kier alpha value is -3.62. The van der Waals surface area contributed by atoms with Crippen LogP contribution in [-0.2, 0) is 16.0 Å². The lowest BCUT2D eigenvalue weighted by Crippen LogP contribution is -2.64. The van der Waals surface area contributed by atoms with E-state index in [1.807, 2.05) is 0 Å². The Morgan fingerprint density at radius 2 is 1.73 bits per heavy atom. The number of benzene rings is 2. The van der Waals surface area contributed by atoms with Crippen molar-refractivity contribution in [3.05, 3.63) is 81.0 Å². The van der Waals surface area contributed by atoms with Crippen molar-refractivity contribution in [1.29, 1.82) is 0 Å². The van der Waals surface area contributed by atoms with Gasteiger partial charge in [0.25, 0.3) is 17.5 Å². The third-order valence-corrected chi connectivity index (χ3v) is 5.36. The number of carbonyl (C=O) groups is 2. The molecule has 0 saturated carbocycles. The molecule has 30 heavy (non-hydrogen) atoms. The van der Waals surface area contributed by atoms with Crippen LogP contribution in [0, 0.1) is 21.7 Å². The molecule has 0 radical (unpaired) electrons. The van der Waals surface area contributed by atoms with Gasteiger partial charge in [0.15, 0.2) is 0 Å². The van der Waals surface area contributed by atoms with Crippen molar-refractivity contribution in [2.45, 2.75) is 18.9 Å². The summed E-state index contributed by atoms with van der Waals surface area (Å²) < 4.78 is 27.5. The molecule has 1 aliphatic rings. The van der Waals surface area contributed by atoms with Crippen molar-refractivity contribution in [3.63, 3.8) is 0 Å². The molecular formula is C21H19F2N3O4. The van der Waals surface area contributed by atoms with Crippen molar-refractivity contribution in [3.8, 4) is 0 Å². The molecule has 0 spiro atoms. The van der Waals surface area contributed by atoms with E-state index in [4.69, 9.17) is 0 Å². The van der Waals surface area contributed by atoms with E-state index in [1.165, 1.54) is 49.3 Å². The van der Waals surface area contributed by atoms with Crippen molar-refractivity contribution in [1.82, 2.24) is 9.80 Å². The first kappa shape index (κ1) is 21.1. The van der Waals surface area contributed by atoms with Crippen LogP contribution in [0.5, 0.6) is 0 Å². The third kappa shape index (κ3) is 3.54. The van der Waals surface area contributed by atoms with Gasteiger partial charge in [-0.3, -0.25) is 19.7 Å². The average Bonchev–Trinajstić information content (AvgIpc) is 2.71. The van der Waals surface area contributed by atoms with Crippen molar-refractivity contribution in [2.75, 3.05) is 14.1 Å². The molecule has 3 rings (SSSR count). The third-order valence-electron chi connectivity index (χ3n) is 5.36. The zero-order valence-corrected chi connectivity index (χ0v) is 16.6. The molecule has 0 bridgehead atoms. The van der Waals surface area contributed by atoms with E-state index in [0.29, 0.717) is 5.56 Å². The van der Waals surface area contributed by atoms with Crippen molar-refractivity contribution < 1.29 is 23.3 Å². The van der Waals surface area contributed by atoms with Gasteiger partial charge in [0, 0.05) is 26.6 Å². The van der Waals surface area contributed by atoms with E-state index in [1.54, 1.807) is 6.92 Å². The van der Waals surface area contributed by atoms with Crippen molar-refractivity contribution in [2.24, 2.45) is 0 Å². The van der Waals surface area contributed by atoms with Crippen LogP contribution in [0.15, 0.2) is 48.2 Å². The van der Waals surface area contributed by atoms with Gasteiger partial charge in [-0.2, -0.15) is 0 Å². The molecule has 0 N–H and O–H groups in total. The Morgan fingerprint density at radius 3 is 2.33 bits per heavy atom. The molecule has 9 heteroatoms. The monoisotopic (exact) mass is 415 g/mol. The Bertz CT molecular complexity index is 1070. The number of nitro benzene ring substituents is 1. The molecule has 1 heterocycles. The fraction of sp³-hybridized carbons (Fsp3) is 0.238. The second-order valence-electron chi connectivity index (χ2n) is 7.26. The van der Waals surface area contributed by atoms with Gasteiger partial charge < -0.3 is 9.80 Å². The van der Waals surface area contributed by atoms with E-state index < -0.39 is 39.6 Å². The number of hydrogen-bond acceptors (Lipinski definition) is 4. The first-order chi connectivity index (χ1) is 14.1. The number of amides is 2. The van der Waals surface area contributed by atoms with E-state index in [-0.39, 0.29) is 17.7 Å². The molecule has 1 saturated heterocycles. The minimum absolute atomic E-state index is 0.131. The Balaban J connectivity index is 2.03. The number of carbonyl (C=O) groups excluding carboxylic acids is 2. The van der Waals surface area contributed by atoms with E-state index in [9.17, 15) is 28.5 Å². The minimum Gasteiger partial charge on any atom is -0.326 e. The van der Waals surface area contributed by atoms with Crippen LogP contribution in [0.25, 0.3) is 6.08 Å². The molecule has 2 amide bonds. The summed E-state index contributed by atoms with van der Waals surface area (Å²) in [5.41, 5.74) is -1.72. The number of nitro groups is 1. The van der Waals surface area contributed by atoms with Gasteiger partial charge in [0.2, 0.25) is 0 Å². The molecule has 1 unspecified atom stereocenters. The quantitative estimate of drug-likeness (QED) is 0.436. The van der Waals surface area contributed by atoms with E-state index >= 15 is 0 Å². The van der Waals surface area contributed by atoms with Gasteiger partial charge >= 0.3 is 0 Å². The van der Waals surface area contributed by atoms with Gasteiger partial charge in [0.05, 0.1) is 10.5 Å². The van der Waals surface area contributed by atoms with Crippen LogP contribution >= 0.6 is 0 Å². The number of hydrogen-bond donors (Lipinski definition) is 0. The molecule has 1 aliphatic heterocycles. The van der Waals surface area contributed by atoms with Crippen LogP contribution in [0.4, 0.5) is 14.5 Å². The predicted octanol–water partition coefficient (Wildman–Crippen LogP) is 3.15. The maximum atomic E-state index is 14.3. The highest BCUT2D eigenvalue weighted by Crippen LogP contribution is 2.33. The normalized spacial score (nSPS) is 20.8. The summed E-state index contributed by atoms with van der Waals surface area (Å²) in [7, 11) is 2.79. The second kappa shape index (κ2) is 7.66. The van der Waals surface area contributed by atoms with Crippen LogP contribution in [-0.4, -0.2) is 46.2 Å². The highest BCUT2D eigenvalue weighted by Gasteiger charge is 2.48. The number of piperazine rings is 1. The van der Waals surface area contributed by atoms with Crippen molar-refractivity contribution >= 4 is 23.6 Å². The van der Waals surface area contributed by atoms with Crippen LogP contribution in [0.2, 0.25) is 0 Å². The first-order valence-corrected chi connectivity index (χ1v) is 9.01. The van der Waals surface area contributed by atoms with Gasteiger partial charge in [-0.1, -0.05) is 18.2 Å². The van der Waals surface area contributed by atoms with Gasteiger partial charge in [-0.15, -0.1) is 0 Å². The summed E-state index contributed by atoms with van der Waals surface area (Å²) in [5.74, 6) is -2.36. The number of halogens is 2. The standard InChI is InChI=1S/C21H19F2N3O4/c1-21(12-13-7-9-14(22)10-8-13)20(28)24(2)18(19(27)25(21)3)11-15-16(23)5-4-6-17(15)26(29)30/h4-11H,12H2,1-3H3/b18-11+. The largest absolute Gasteiger partial charge is 0.326 e. The topological polar surface area (TPSA) is 83.8 Å². The molecule has 0 aliphatic carbocycles. The molecule has 1 fully saturated rings. The minimum atomic E-state index is -1.28. The highest BCUT2D eigenvalue weighted by atomic mass is 19.1. The Kier molecular flexibility index (Phi) is 5.39. The van der Waals surface area contributed by atoms with E-state index in [2.05, 4.69) is 0 Å². The smallest absolute Gasteiger partial charge is 0.279 e. The molecule has 0 aromatic heterocycles. The SMILES string of the molecule is CN1C(=O)C(C)(Cc2ccc(F)cc2)N(C)C(=O)/C1=C\c1c(F)cccc1[N+](=O)[O-]. The molecule has 2 aromatic rings. The zero-order valence-electron chi connectivity index (χ0n) is 16.6. The van der Waals surface area contributed by atoms with Gasteiger partial charge in [-0.05, 0) is 36.8 Å². The van der Waals surface area contributed by atoms with E-state index in [0.717, 1.165) is 23.1 Å². The second-order valence-corrected chi connectivity index (χ2v) is 7.26. The molecule has 2 aromatic carbocycles. The number of rotatable bonds is 4. The number of nitrogens with zero attached hydrogens (tertiary/aromatic N) is 3. The van der Waals surface area contributed by atoms with Gasteiger partial charge in [-0.25, -0.2) is 8.78 Å². The lowest BCUT2D eigenvalue weighted by Gasteiger charge is -2.45. The first-order valence-electron chi connectivity index (χ1n) is 9.01. The summed E-state index contributed by atoms with van der Waals surface area (Å²) >= 11 is 0. The predicted molar refractivity (Wildman–Crippen MR) is 105 cm³/mol. The number of likely N-dealkylation sites (N-methyl/N-ethyl adjacent to an activating group) is 2. The average molecular weight is 415 g/mol. The fourth-order valence-corrected chi connectivity index (χ4v) is 3.47. The molecule has 1 atom stereocenters. The van der Waals surface area contributed by atoms with Crippen LogP contribution in [0.1, 0.15) is 18.1 Å².